The molecule has 27 heavy (non-hydrogen) atoms. The van der Waals surface area contributed by atoms with Crippen molar-refractivity contribution in [3.63, 3.8) is 0 Å². The SMILES string of the molecule is CCC(C)CC[NH+](C)CC.O=C(O)[C@H](Nc1ccccc1)c1ccccc1. The highest BCUT2D eigenvalue weighted by Crippen LogP contribution is 2.19. The predicted octanol–water partition coefficient (Wildman–Crippen LogP) is 3.88. The van der Waals surface area contributed by atoms with Crippen molar-refractivity contribution >= 4 is 11.7 Å². The van der Waals surface area contributed by atoms with Gasteiger partial charge in [-0.1, -0.05) is 68.8 Å². The van der Waals surface area contributed by atoms with Gasteiger partial charge in [-0.15, -0.1) is 0 Å². The average Bonchev–Trinajstić information content (AvgIpc) is 2.71. The van der Waals surface area contributed by atoms with Crippen molar-refractivity contribution in [3.8, 4) is 0 Å². The summed E-state index contributed by atoms with van der Waals surface area (Å²) in [7, 11) is 2.27. The summed E-state index contributed by atoms with van der Waals surface area (Å²) in [5.41, 5.74) is 1.53. The summed E-state index contributed by atoms with van der Waals surface area (Å²) in [5.74, 6) is 0.0292. The molecule has 0 aliphatic heterocycles. The van der Waals surface area contributed by atoms with Crippen LogP contribution >= 0.6 is 0 Å². The summed E-state index contributed by atoms with van der Waals surface area (Å²) in [4.78, 5) is 12.9. The molecule has 0 aromatic heterocycles. The number of carboxylic acids is 1. The van der Waals surface area contributed by atoms with E-state index >= 15 is 0 Å². The van der Waals surface area contributed by atoms with E-state index in [9.17, 15) is 9.90 Å². The molecule has 0 amide bonds. The molecule has 3 atom stereocenters. The smallest absolute Gasteiger partial charge is 0.330 e. The Labute approximate surface area is 164 Å². The Morgan fingerprint density at radius 1 is 1.04 bits per heavy atom. The minimum atomic E-state index is -0.889. The number of carboxylic acid groups (broad SMARTS) is 1. The van der Waals surface area contributed by atoms with Gasteiger partial charge in [-0.25, -0.2) is 4.79 Å². The lowest BCUT2D eigenvalue weighted by Crippen LogP contribution is -3.08. The fraction of sp³-hybridized carbons (Fsp3) is 0.435. The largest absolute Gasteiger partial charge is 0.479 e. The van der Waals surface area contributed by atoms with Crippen LogP contribution in [0, 0.1) is 5.92 Å². The molecule has 3 N–H and O–H groups in total. The van der Waals surface area contributed by atoms with E-state index in [1.165, 1.54) is 25.9 Å². The number of hydrogen-bond donors (Lipinski definition) is 3. The van der Waals surface area contributed by atoms with Crippen molar-refractivity contribution in [1.29, 1.82) is 0 Å². The van der Waals surface area contributed by atoms with E-state index in [1.54, 1.807) is 17.0 Å². The number of nitrogens with one attached hydrogen (secondary N) is 2. The molecule has 0 fully saturated rings. The molecule has 0 bridgehead atoms. The topological polar surface area (TPSA) is 53.8 Å². The Kier molecular flexibility index (Phi) is 10.9. The zero-order valence-electron chi connectivity index (χ0n) is 17.1. The van der Waals surface area contributed by atoms with Gasteiger partial charge in [0.15, 0.2) is 6.04 Å². The van der Waals surface area contributed by atoms with E-state index in [4.69, 9.17) is 0 Å². The van der Waals surface area contributed by atoms with E-state index in [1.807, 2.05) is 48.5 Å². The second kappa shape index (κ2) is 12.9. The number of hydrogen-bond acceptors (Lipinski definition) is 2. The average molecular weight is 372 g/mol. The molecule has 2 aromatic carbocycles. The van der Waals surface area contributed by atoms with Gasteiger partial charge < -0.3 is 15.3 Å². The highest BCUT2D eigenvalue weighted by atomic mass is 16.4. The van der Waals surface area contributed by atoms with Crippen LogP contribution in [0.15, 0.2) is 60.7 Å². The molecule has 148 valence electrons. The number of aliphatic carboxylic acids is 1. The van der Waals surface area contributed by atoms with E-state index < -0.39 is 12.0 Å². The van der Waals surface area contributed by atoms with Crippen LogP contribution in [0.2, 0.25) is 0 Å². The highest BCUT2D eigenvalue weighted by Gasteiger charge is 2.18. The third-order valence-electron chi connectivity index (χ3n) is 4.83. The second-order valence-corrected chi connectivity index (χ2v) is 7.06. The van der Waals surface area contributed by atoms with Crippen LogP contribution in [0.5, 0.6) is 0 Å². The van der Waals surface area contributed by atoms with Crippen LogP contribution in [0.3, 0.4) is 0 Å². The number of quaternary nitrogens is 1. The fourth-order valence-electron chi connectivity index (χ4n) is 2.51. The quantitative estimate of drug-likeness (QED) is 0.627. The Morgan fingerprint density at radius 3 is 2.07 bits per heavy atom. The van der Waals surface area contributed by atoms with Crippen molar-refractivity contribution in [2.24, 2.45) is 5.92 Å². The molecule has 2 rings (SSSR count). The molecule has 0 heterocycles. The highest BCUT2D eigenvalue weighted by molar-refractivity contribution is 5.79. The molecule has 4 nitrogen and oxygen atoms in total. The summed E-state index contributed by atoms with van der Waals surface area (Å²) in [5, 5.41) is 12.2. The number of rotatable bonds is 9. The lowest BCUT2D eigenvalue weighted by Gasteiger charge is -2.15. The molecule has 0 aliphatic carbocycles. The number of benzene rings is 2. The molecular formula is C23H35N2O2+. The Balaban J connectivity index is 0.000000314. The van der Waals surface area contributed by atoms with E-state index in [0.717, 1.165) is 17.2 Å². The maximum atomic E-state index is 11.2. The maximum Gasteiger partial charge on any atom is 0.330 e. The van der Waals surface area contributed by atoms with Crippen molar-refractivity contribution in [1.82, 2.24) is 0 Å². The number of carbonyl (C=O) groups is 1. The van der Waals surface area contributed by atoms with Gasteiger partial charge in [0, 0.05) is 5.69 Å². The zero-order chi connectivity index (χ0) is 20.1. The first-order valence-electron chi connectivity index (χ1n) is 9.88. The molecule has 4 heteroatoms. The minimum absolute atomic E-state index is 0.724. The van der Waals surface area contributed by atoms with Crippen LogP contribution in [-0.2, 0) is 4.79 Å². The van der Waals surface area contributed by atoms with E-state index in [-0.39, 0.29) is 0 Å². The lowest BCUT2D eigenvalue weighted by molar-refractivity contribution is -0.878. The molecule has 0 spiro atoms. The van der Waals surface area contributed by atoms with Crippen LogP contribution in [0.4, 0.5) is 5.69 Å². The standard InChI is InChI=1S/C14H13NO2.C9H21N/c16-14(17)13(11-7-3-1-4-8-11)15-12-9-5-2-6-10-12;1-5-9(3)7-8-10(4)6-2/h1-10,13,15H,(H,16,17);9H,5-8H2,1-4H3/p+1/t13-;/m1./s1. The molecule has 0 saturated carbocycles. The summed E-state index contributed by atoms with van der Waals surface area (Å²) in [6.07, 6.45) is 2.72. The number of anilines is 1. The second-order valence-electron chi connectivity index (χ2n) is 7.06. The van der Waals surface area contributed by atoms with Gasteiger partial charge in [0.25, 0.3) is 0 Å². The molecule has 0 aliphatic rings. The summed E-state index contributed by atoms with van der Waals surface area (Å²) >= 11 is 0. The van der Waals surface area contributed by atoms with Gasteiger partial charge >= 0.3 is 5.97 Å². The van der Waals surface area contributed by atoms with Crippen molar-refractivity contribution < 1.29 is 14.8 Å². The molecule has 2 unspecified atom stereocenters. The molecule has 0 saturated heterocycles. The van der Waals surface area contributed by atoms with Crippen LogP contribution in [-0.4, -0.2) is 31.2 Å². The fourth-order valence-corrected chi connectivity index (χ4v) is 2.51. The van der Waals surface area contributed by atoms with Gasteiger partial charge in [0.1, 0.15) is 0 Å². The van der Waals surface area contributed by atoms with Gasteiger partial charge in [-0.2, -0.15) is 0 Å². The van der Waals surface area contributed by atoms with Gasteiger partial charge in [0.2, 0.25) is 0 Å². The van der Waals surface area contributed by atoms with Crippen molar-refractivity contribution in [2.45, 2.75) is 39.7 Å². The summed E-state index contributed by atoms with van der Waals surface area (Å²) < 4.78 is 0. The summed E-state index contributed by atoms with van der Waals surface area (Å²) in [6.45, 7) is 9.45. The Bertz CT molecular complexity index is 621. The maximum absolute atomic E-state index is 11.2. The van der Waals surface area contributed by atoms with Crippen LogP contribution in [0.25, 0.3) is 0 Å². The third-order valence-corrected chi connectivity index (χ3v) is 4.83. The van der Waals surface area contributed by atoms with Gasteiger partial charge in [-0.3, -0.25) is 0 Å². The monoisotopic (exact) mass is 371 g/mol. The predicted molar refractivity (Wildman–Crippen MR) is 113 cm³/mol. The van der Waals surface area contributed by atoms with Crippen LogP contribution < -0.4 is 10.2 Å². The van der Waals surface area contributed by atoms with E-state index in [2.05, 4.69) is 33.1 Å². The molecular weight excluding hydrogens is 336 g/mol. The first-order chi connectivity index (χ1) is 13.0. The summed E-state index contributed by atoms with van der Waals surface area (Å²) in [6, 6.07) is 17.7. The lowest BCUT2D eigenvalue weighted by atomic mass is 10.1. The molecule has 0 radical (unpaired) electrons. The van der Waals surface area contributed by atoms with Gasteiger partial charge in [-0.05, 0) is 37.0 Å². The van der Waals surface area contributed by atoms with Crippen LogP contribution in [0.1, 0.15) is 45.2 Å². The third kappa shape index (κ3) is 9.25. The first-order valence-corrected chi connectivity index (χ1v) is 9.88. The molecule has 2 aromatic rings. The Morgan fingerprint density at radius 2 is 1.59 bits per heavy atom. The van der Waals surface area contributed by atoms with Gasteiger partial charge in [0.05, 0.1) is 20.1 Å². The van der Waals surface area contributed by atoms with Crippen molar-refractivity contribution in [2.75, 3.05) is 25.5 Å². The zero-order valence-corrected chi connectivity index (χ0v) is 17.1. The first kappa shape index (κ1) is 22.7. The Hall–Kier alpha value is -2.33. The van der Waals surface area contributed by atoms with Crippen molar-refractivity contribution in [3.05, 3.63) is 66.2 Å². The van der Waals surface area contributed by atoms with E-state index in [0.29, 0.717) is 0 Å². The minimum Gasteiger partial charge on any atom is -0.479 e. The number of para-hydroxylation sites is 1. The normalized spacial score (nSPS) is 13.6.